The molecular formula is C21H17ClN4O3S. The molecule has 0 aliphatic carbocycles. The fourth-order valence-electron chi connectivity index (χ4n) is 3.85. The predicted octanol–water partition coefficient (Wildman–Crippen LogP) is 4.92. The van der Waals surface area contributed by atoms with Crippen LogP contribution in [0.1, 0.15) is 16.3 Å². The number of H-pyrrole nitrogens is 1. The van der Waals surface area contributed by atoms with E-state index in [1.807, 2.05) is 38.1 Å². The smallest absolute Gasteiger partial charge is 0.326 e. The monoisotopic (exact) mass is 440 g/mol. The molecule has 30 heavy (non-hydrogen) atoms. The van der Waals surface area contributed by atoms with Gasteiger partial charge in [0.2, 0.25) is 0 Å². The highest BCUT2D eigenvalue weighted by molar-refractivity contribution is 7.16. The molecule has 5 rings (SSSR count). The fourth-order valence-corrected chi connectivity index (χ4v) is 4.92. The van der Waals surface area contributed by atoms with E-state index >= 15 is 0 Å². The van der Waals surface area contributed by atoms with E-state index < -0.39 is 0 Å². The van der Waals surface area contributed by atoms with Crippen LogP contribution >= 0.6 is 22.9 Å². The van der Waals surface area contributed by atoms with Gasteiger partial charge in [-0.15, -0.1) is 11.3 Å². The number of aromatic amines is 1. The zero-order valence-electron chi connectivity index (χ0n) is 16.4. The average molecular weight is 441 g/mol. The summed E-state index contributed by atoms with van der Waals surface area (Å²) in [4.78, 5) is 21.1. The van der Waals surface area contributed by atoms with Crippen molar-refractivity contribution in [1.82, 2.24) is 19.7 Å². The summed E-state index contributed by atoms with van der Waals surface area (Å²) in [7, 11) is 1.62. The van der Waals surface area contributed by atoms with Crippen LogP contribution in [0, 0.1) is 13.8 Å². The molecule has 0 aliphatic rings. The number of fused-ring (bicyclic) bond motifs is 3. The number of imidazole rings is 1. The summed E-state index contributed by atoms with van der Waals surface area (Å²) >= 11 is 7.52. The molecule has 152 valence electrons. The van der Waals surface area contributed by atoms with Crippen LogP contribution in [0.3, 0.4) is 0 Å². The molecule has 9 heteroatoms. The Morgan fingerprint density at radius 2 is 2.13 bits per heavy atom. The van der Waals surface area contributed by atoms with Gasteiger partial charge in [0.15, 0.2) is 0 Å². The van der Waals surface area contributed by atoms with Crippen LogP contribution < -0.4 is 10.4 Å². The number of ether oxygens (including phenoxy) is 1. The van der Waals surface area contributed by atoms with Gasteiger partial charge in [0.25, 0.3) is 0 Å². The lowest BCUT2D eigenvalue weighted by Gasteiger charge is -2.11. The number of pyridine rings is 1. The topological polar surface area (TPSA) is 85.9 Å². The minimum absolute atomic E-state index is 0.197. The van der Waals surface area contributed by atoms with Crippen molar-refractivity contribution in [3.05, 3.63) is 61.6 Å². The molecule has 0 saturated heterocycles. The SMILES string of the molecule is COc1cc2c(cc1-c1c(C)noc1C)ncc1[nH]c(=O)n(Cc3ccc(Cl)s3)c12. The third-order valence-electron chi connectivity index (χ3n) is 5.16. The second-order valence-electron chi connectivity index (χ2n) is 7.01. The number of methoxy groups -OCH3 is 1. The van der Waals surface area contributed by atoms with E-state index in [4.69, 9.17) is 20.9 Å². The van der Waals surface area contributed by atoms with Crippen LogP contribution in [0.5, 0.6) is 5.75 Å². The maximum Gasteiger partial charge on any atom is 0.326 e. The first-order chi connectivity index (χ1) is 14.5. The molecule has 0 bridgehead atoms. The Balaban J connectivity index is 1.78. The Kier molecular flexibility index (Phi) is 4.41. The number of aromatic nitrogens is 4. The van der Waals surface area contributed by atoms with Gasteiger partial charge in [0.05, 0.1) is 52.0 Å². The van der Waals surface area contributed by atoms with E-state index in [0.717, 1.165) is 38.1 Å². The van der Waals surface area contributed by atoms with Crippen molar-refractivity contribution in [3.63, 3.8) is 0 Å². The summed E-state index contributed by atoms with van der Waals surface area (Å²) in [5.41, 5.74) is 4.51. The highest BCUT2D eigenvalue weighted by atomic mass is 35.5. The van der Waals surface area contributed by atoms with Crippen LogP contribution in [-0.4, -0.2) is 26.8 Å². The fraction of sp³-hybridized carbons (Fsp3) is 0.190. The van der Waals surface area contributed by atoms with Gasteiger partial charge in [-0.2, -0.15) is 0 Å². The lowest BCUT2D eigenvalue weighted by molar-refractivity contribution is 0.393. The minimum Gasteiger partial charge on any atom is -0.496 e. The van der Waals surface area contributed by atoms with E-state index in [-0.39, 0.29) is 5.69 Å². The summed E-state index contributed by atoms with van der Waals surface area (Å²) in [6, 6.07) is 7.62. The Hall–Kier alpha value is -3.10. The number of hydrogen-bond donors (Lipinski definition) is 1. The molecule has 0 fully saturated rings. The third-order valence-corrected chi connectivity index (χ3v) is 6.38. The number of nitrogens with one attached hydrogen (secondary N) is 1. The first-order valence-corrected chi connectivity index (χ1v) is 10.4. The number of thiophene rings is 1. The summed E-state index contributed by atoms with van der Waals surface area (Å²) in [5, 5.41) is 4.87. The predicted molar refractivity (Wildman–Crippen MR) is 118 cm³/mol. The Bertz CT molecular complexity index is 1460. The van der Waals surface area contributed by atoms with Crippen LogP contribution in [0.2, 0.25) is 4.34 Å². The standard InChI is InChI=1S/C21H17ClN4O3S/c1-10-19(11(2)29-25-10)14-6-15-13(7-17(14)28-3)20-16(8-23-15)24-21(27)26(20)9-12-4-5-18(22)30-12/h4-8H,9H2,1-3H3,(H,24,27). The molecule has 0 unspecified atom stereocenters. The summed E-state index contributed by atoms with van der Waals surface area (Å²) in [5.74, 6) is 1.37. The maximum atomic E-state index is 12.7. The molecule has 0 saturated carbocycles. The van der Waals surface area contributed by atoms with Crippen LogP contribution in [0.4, 0.5) is 0 Å². The van der Waals surface area contributed by atoms with Crippen molar-refractivity contribution < 1.29 is 9.26 Å². The summed E-state index contributed by atoms with van der Waals surface area (Å²) in [6.45, 7) is 4.18. The van der Waals surface area contributed by atoms with E-state index in [0.29, 0.717) is 27.9 Å². The first kappa shape index (κ1) is 18.9. The van der Waals surface area contributed by atoms with Crippen molar-refractivity contribution in [3.8, 4) is 16.9 Å². The van der Waals surface area contributed by atoms with Crippen LogP contribution in [-0.2, 0) is 6.54 Å². The molecular weight excluding hydrogens is 424 g/mol. The lowest BCUT2D eigenvalue weighted by atomic mass is 10.0. The largest absolute Gasteiger partial charge is 0.496 e. The van der Waals surface area contributed by atoms with Crippen molar-refractivity contribution >= 4 is 44.9 Å². The van der Waals surface area contributed by atoms with Gasteiger partial charge in [-0.1, -0.05) is 16.8 Å². The molecule has 0 aliphatic heterocycles. The molecule has 5 aromatic rings. The highest BCUT2D eigenvalue weighted by Crippen LogP contribution is 2.38. The number of rotatable bonds is 4. The molecule has 1 aromatic carbocycles. The number of hydrogen-bond acceptors (Lipinski definition) is 6. The van der Waals surface area contributed by atoms with Crippen LogP contribution in [0.15, 0.2) is 39.8 Å². The van der Waals surface area contributed by atoms with E-state index in [1.165, 1.54) is 11.3 Å². The molecule has 0 spiro atoms. The normalized spacial score (nSPS) is 11.6. The van der Waals surface area contributed by atoms with Gasteiger partial charge in [-0.05, 0) is 38.1 Å². The van der Waals surface area contributed by atoms with Crippen molar-refractivity contribution in [2.75, 3.05) is 7.11 Å². The van der Waals surface area contributed by atoms with Crippen molar-refractivity contribution in [1.29, 1.82) is 0 Å². The minimum atomic E-state index is -0.197. The van der Waals surface area contributed by atoms with Gasteiger partial charge >= 0.3 is 5.69 Å². The van der Waals surface area contributed by atoms with E-state index in [1.54, 1.807) is 17.9 Å². The number of aryl methyl sites for hydroxylation is 2. The highest BCUT2D eigenvalue weighted by Gasteiger charge is 2.20. The molecule has 4 heterocycles. The lowest BCUT2D eigenvalue weighted by Crippen LogP contribution is -2.16. The van der Waals surface area contributed by atoms with Crippen molar-refractivity contribution in [2.45, 2.75) is 20.4 Å². The molecule has 0 amide bonds. The van der Waals surface area contributed by atoms with Crippen molar-refractivity contribution in [2.24, 2.45) is 0 Å². The molecule has 4 aromatic heterocycles. The molecule has 1 N–H and O–H groups in total. The molecule has 7 nitrogen and oxygen atoms in total. The Morgan fingerprint density at radius 3 is 2.80 bits per heavy atom. The quantitative estimate of drug-likeness (QED) is 0.428. The number of nitrogens with zero attached hydrogens (tertiary/aromatic N) is 3. The van der Waals surface area contributed by atoms with E-state index in [2.05, 4.69) is 15.1 Å². The zero-order valence-corrected chi connectivity index (χ0v) is 18.0. The van der Waals surface area contributed by atoms with Gasteiger partial charge in [-0.3, -0.25) is 9.55 Å². The summed E-state index contributed by atoms with van der Waals surface area (Å²) < 4.78 is 13.4. The summed E-state index contributed by atoms with van der Waals surface area (Å²) in [6.07, 6.45) is 1.68. The molecule has 0 radical (unpaired) electrons. The number of halogens is 1. The maximum absolute atomic E-state index is 12.7. The third kappa shape index (κ3) is 2.91. The zero-order chi connectivity index (χ0) is 21.0. The van der Waals surface area contributed by atoms with Gasteiger partial charge in [0, 0.05) is 15.8 Å². The Labute approximate surface area is 179 Å². The van der Waals surface area contributed by atoms with E-state index in [9.17, 15) is 4.79 Å². The van der Waals surface area contributed by atoms with Crippen LogP contribution in [0.25, 0.3) is 33.1 Å². The average Bonchev–Trinajstić information content (AvgIpc) is 3.38. The second kappa shape index (κ2) is 7.00. The first-order valence-electron chi connectivity index (χ1n) is 9.23. The Morgan fingerprint density at radius 1 is 1.30 bits per heavy atom. The molecule has 0 atom stereocenters. The number of benzene rings is 1. The second-order valence-corrected chi connectivity index (χ2v) is 8.81. The van der Waals surface area contributed by atoms with Gasteiger partial charge in [0.1, 0.15) is 11.5 Å². The van der Waals surface area contributed by atoms with Gasteiger partial charge < -0.3 is 14.2 Å². The van der Waals surface area contributed by atoms with Gasteiger partial charge in [-0.25, -0.2) is 4.79 Å².